The molecule has 0 radical (unpaired) electrons. The predicted octanol–water partition coefficient (Wildman–Crippen LogP) is 2.47. The number of amides is 1. The van der Waals surface area contributed by atoms with Crippen LogP contribution in [-0.4, -0.2) is 35.0 Å². The van der Waals surface area contributed by atoms with Crippen LogP contribution in [0.25, 0.3) is 0 Å². The molecule has 0 spiro atoms. The summed E-state index contributed by atoms with van der Waals surface area (Å²) in [6, 6.07) is 5.44. The number of hydrogen-bond donors (Lipinski definition) is 2. The highest BCUT2D eigenvalue weighted by atomic mass is 19.1. The fourth-order valence-electron chi connectivity index (χ4n) is 2.93. The highest BCUT2D eigenvalue weighted by molar-refractivity contribution is 5.82. The van der Waals surface area contributed by atoms with Gasteiger partial charge in [0.15, 0.2) is 0 Å². The second-order valence-electron chi connectivity index (χ2n) is 7.50. The molecule has 128 valence electrons. The Morgan fingerprint density at radius 3 is 2.26 bits per heavy atom. The number of rotatable bonds is 3. The number of likely N-dealkylation sites (tertiary alicyclic amines) is 1. The zero-order chi connectivity index (χ0) is 17.2. The number of carbonyl (C=O) groups is 1. The van der Waals surface area contributed by atoms with Gasteiger partial charge in [-0.15, -0.1) is 0 Å². The van der Waals surface area contributed by atoms with Gasteiger partial charge in [0.2, 0.25) is 5.91 Å². The Kier molecular flexibility index (Phi) is 5.42. The summed E-state index contributed by atoms with van der Waals surface area (Å²) in [4.78, 5) is 14.2. The van der Waals surface area contributed by atoms with Crippen molar-refractivity contribution in [3.63, 3.8) is 0 Å². The lowest BCUT2D eigenvalue weighted by Crippen LogP contribution is -2.52. The first kappa shape index (κ1) is 17.9. The molecule has 2 unspecified atom stereocenters. The number of aliphatic hydroxyl groups is 1. The van der Waals surface area contributed by atoms with E-state index in [9.17, 15) is 14.3 Å². The lowest BCUT2D eigenvalue weighted by Gasteiger charge is -2.37. The van der Waals surface area contributed by atoms with E-state index in [1.165, 1.54) is 12.1 Å². The third kappa shape index (κ3) is 4.30. The van der Waals surface area contributed by atoms with E-state index in [1.54, 1.807) is 17.0 Å². The van der Waals surface area contributed by atoms with Gasteiger partial charge in [-0.05, 0) is 41.9 Å². The van der Waals surface area contributed by atoms with Crippen molar-refractivity contribution in [2.24, 2.45) is 17.1 Å². The van der Waals surface area contributed by atoms with Gasteiger partial charge in [-0.3, -0.25) is 4.79 Å². The summed E-state index contributed by atoms with van der Waals surface area (Å²) < 4.78 is 13.0. The number of carbonyl (C=O) groups excluding carboxylic acids is 1. The summed E-state index contributed by atoms with van der Waals surface area (Å²) in [5, 5.41) is 10.4. The van der Waals surface area contributed by atoms with Crippen LogP contribution in [-0.2, 0) is 4.79 Å². The van der Waals surface area contributed by atoms with E-state index >= 15 is 0 Å². The SMILES string of the molecule is CC(C)(C)C(N)C(=O)N1CCC(C(O)c2ccc(F)cc2)CC1. The van der Waals surface area contributed by atoms with Crippen molar-refractivity contribution < 1.29 is 14.3 Å². The quantitative estimate of drug-likeness (QED) is 0.898. The Balaban J connectivity index is 1.93. The number of aliphatic hydroxyl groups excluding tert-OH is 1. The number of hydrogen-bond acceptors (Lipinski definition) is 3. The number of nitrogens with zero attached hydrogens (tertiary/aromatic N) is 1. The van der Waals surface area contributed by atoms with Crippen LogP contribution >= 0.6 is 0 Å². The highest BCUT2D eigenvalue weighted by Crippen LogP contribution is 2.31. The Morgan fingerprint density at radius 1 is 1.26 bits per heavy atom. The Bertz CT molecular complexity index is 531. The predicted molar refractivity (Wildman–Crippen MR) is 88.1 cm³/mol. The highest BCUT2D eigenvalue weighted by Gasteiger charge is 2.34. The van der Waals surface area contributed by atoms with Gasteiger partial charge in [-0.2, -0.15) is 0 Å². The van der Waals surface area contributed by atoms with E-state index in [4.69, 9.17) is 5.73 Å². The first-order valence-electron chi connectivity index (χ1n) is 8.18. The molecule has 1 amide bonds. The minimum atomic E-state index is -0.621. The molecular weight excluding hydrogens is 295 g/mol. The number of halogens is 1. The molecule has 1 fully saturated rings. The maximum atomic E-state index is 13.0. The summed E-state index contributed by atoms with van der Waals surface area (Å²) in [5.74, 6) is -0.250. The van der Waals surface area contributed by atoms with Gasteiger partial charge < -0.3 is 15.7 Å². The van der Waals surface area contributed by atoms with Crippen LogP contribution in [0.1, 0.15) is 45.3 Å². The molecule has 1 aliphatic heterocycles. The van der Waals surface area contributed by atoms with Crippen LogP contribution in [0.5, 0.6) is 0 Å². The molecule has 1 heterocycles. The van der Waals surface area contributed by atoms with Crippen molar-refractivity contribution in [3.05, 3.63) is 35.6 Å². The summed E-state index contributed by atoms with van der Waals surface area (Å²) in [5.41, 5.74) is 6.51. The molecule has 3 N–H and O–H groups in total. The molecular formula is C18H27FN2O2. The van der Waals surface area contributed by atoms with E-state index in [0.29, 0.717) is 13.1 Å². The summed E-state index contributed by atoms with van der Waals surface area (Å²) in [7, 11) is 0. The fraction of sp³-hybridized carbons (Fsp3) is 0.611. The van der Waals surface area contributed by atoms with Crippen molar-refractivity contribution in [2.75, 3.05) is 13.1 Å². The number of nitrogens with two attached hydrogens (primary N) is 1. The molecule has 23 heavy (non-hydrogen) atoms. The average molecular weight is 322 g/mol. The Hall–Kier alpha value is -1.46. The van der Waals surface area contributed by atoms with E-state index < -0.39 is 12.1 Å². The van der Waals surface area contributed by atoms with Gasteiger partial charge in [0.05, 0.1) is 12.1 Å². The van der Waals surface area contributed by atoms with Gasteiger partial charge in [0, 0.05) is 13.1 Å². The summed E-state index contributed by atoms with van der Waals surface area (Å²) in [6.07, 6.45) is 0.826. The maximum Gasteiger partial charge on any atom is 0.240 e. The summed E-state index contributed by atoms with van der Waals surface area (Å²) in [6.45, 7) is 7.08. The van der Waals surface area contributed by atoms with Crippen molar-refractivity contribution in [3.8, 4) is 0 Å². The first-order valence-corrected chi connectivity index (χ1v) is 8.18. The summed E-state index contributed by atoms with van der Waals surface area (Å²) >= 11 is 0. The zero-order valence-corrected chi connectivity index (χ0v) is 14.1. The fourth-order valence-corrected chi connectivity index (χ4v) is 2.93. The Morgan fingerprint density at radius 2 is 1.78 bits per heavy atom. The molecule has 0 aliphatic carbocycles. The second kappa shape index (κ2) is 6.97. The molecule has 2 rings (SSSR count). The van der Waals surface area contributed by atoms with E-state index in [1.807, 2.05) is 20.8 Å². The second-order valence-corrected chi connectivity index (χ2v) is 7.50. The van der Waals surface area contributed by atoms with Crippen LogP contribution in [0.2, 0.25) is 0 Å². The normalized spacial score (nSPS) is 19.5. The molecule has 0 aromatic heterocycles. The molecule has 0 bridgehead atoms. The van der Waals surface area contributed by atoms with Gasteiger partial charge in [0.1, 0.15) is 5.82 Å². The third-order valence-electron chi connectivity index (χ3n) is 4.71. The van der Waals surface area contributed by atoms with Crippen molar-refractivity contribution in [2.45, 2.75) is 45.8 Å². The number of piperidine rings is 1. The monoisotopic (exact) mass is 322 g/mol. The molecule has 5 heteroatoms. The van der Waals surface area contributed by atoms with Crippen LogP contribution < -0.4 is 5.73 Å². The van der Waals surface area contributed by atoms with E-state index in [2.05, 4.69) is 0 Å². The molecule has 0 saturated carbocycles. The van der Waals surface area contributed by atoms with E-state index in [-0.39, 0.29) is 23.1 Å². The number of benzene rings is 1. The lowest BCUT2D eigenvalue weighted by atomic mass is 9.84. The van der Waals surface area contributed by atoms with Crippen LogP contribution in [0.15, 0.2) is 24.3 Å². The molecule has 1 aromatic rings. The topological polar surface area (TPSA) is 66.6 Å². The minimum absolute atomic E-state index is 0.0211. The van der Waals surface area contributed by atoms with Crippen molar-refractivity contribution in [1.82, 2.24) is 4.90 Å². The standard InChI is InChI=1S/C18H27FN2O2/c1-18(2,3)16(20)17(23)21-10-8-13(9-11-21)15(22)12-4-6-14(19)7-5-12/h4-7,13,15-16,22H,8-11,20H2,1-3H3. The minimum Gasteiger partial charge on any atom is -0.388 e. The molecule has 4 nitrogen and oxygen atoms in total. The average Bonchev–Trinajstić information content (AvgIpc) is 2.53. The largest absolute Gasteiger partial charge is 0.388 e. The molecule has 1 saturated heterocycles. The molecule has 2 atom stereocenters. The zero-order valence-electron chi connectivity index (χ0n) is 14.1. The smallest absolute Gasteiger partial charge is 0.240 e. The van der Waals surface area contributed by atoms with Gasteiger partial charge in [-0.1, -0.05) is 32.9 Å². The van der Waals surface area contributed by atoms with Gasteiger partial charge in [0.25, 0.3) is 0 Å². The first-order chi connectivity index (χ1) is 10.7. The Labute approximate surface area is 137 Å². The van der Waals surface area contributed by atoms with Crippen LogP contribution in [0, 0.1) is 17.2 Å². The van der Waals surface area contributed by atoms with Crippen LogP contribution in [0.3, 0.4) is 0 Å². The van der Waals surface area contributed by atoms with E-state index in [0.717, 1.165) is 18.4 Å². The van der Waals surface area contributed by atoms with Crippen molar-refractivity contribution in [1.29, 1.82) is 0 Å². The maximum absolute atomic E-state index is 13.0. The van der Waals surface area contributed by atoms with Crippen LogP contribution in [0.4, 0.5) is 4.39 Å². The van der Waals surface area contributed by atoms with Gasteiger partial charge >= 0.3 is 0 Å². The molecule has 1 aliphatic rings. The lowest BCUT2D eigenvalue weighted by molar-refractivity contribution is -0.137. The molecule has 1 aromatic carbocycles. The van der Waals surface area contributed by atoms with Gasteiger partial charge in [-0.25, -0.2) is 4.39 Å². The van der Waals surface area contributed by atoms with Crippen molar-refractivity contribution >= 4 is 5.91 Å². The third-order valence-corrected chi connectivity index (χ3v) is 4.71.